The lowest BCUT2D eigenvalue weighted by atomic mass is 10.2. The molecule has 1 heterocycles. The Labute approximate surface area is 96.7 Å². The van der Waals surface area contributed by atoms with E-state index in [1.165, 1.54) is 6.07 Å². The maximum absolute atomic E-state index is 11.9. The van der Waals surface area contributed by atoms with Crippen LogP contribution in [0.25, 0.3) is 11.0 Å². The van der Waals surface area contributed by atoms with Crippen molar-refractivity contribution in [2.75, 3.05) is 0 Å². The minimum Gasteiger partial charge on any atom is -0.478 e. The van der Waals surface area contributed by atoms with Gasteiger partial charge in [0.15, 0.2) is 0 Å². The first kappa shape index (κ1) is 10.1. The van der Waals surface area contributed by atoms with Gasteiger partial charge in [-0.15, -0.1) is 0 Å². The van der Waals surface area contributed by atoms with Crippen LogP contribution in [0.4, 0.5) is 0 Å². The number of rotatable bonds is 2. The van der Waals surface area contributed by atoms with E-state index in [0.717, 1.165) is 12.8 Å². The van der Waals surface area contributed by atoms with Crippen molar-refractivity contribution in [3.63, 3.8) is 0 Å². The summed E-state index contributed by atoms with van der Waals surface area (Å²) in [6.45, 7) is 2.01. The van der Waals surface area contributed by atoms with Crippen LogP contribution in [-0.4, -0.2) is 20.6 Å². The van der Waals surface area contributed by atoms with Gasteiger partial charge in [-0.3, -0.25) is 4.57 Å². The van der Waals surface area contributed by atoms with Crippen LogP contribution in [0.2, 0.25) is 0 Å². The smallest absolute Gasteiger partial charge is 0.335 e. The predicted molar refractivity (Wildman–Crippen MR) is 62.4 cm³/mol. The van der Waals surface area contributed by atoms with Gasteiger partial charge in [-0.05, 0) is 38.0 Å². The lowest BCUT2D eigenvalue weighted by molar-refractivity contribution is 0.0697. The highest BCUT2D eigenvalue weighted by molar-refractivity contribution is 5.92. The fourth-order valence-electron chi connectivity index (χ4n) is 2.18. The molecule has 1 aliphatic carbocycles. The van der Waals surface area contributed by atoms with E-state index in [-0.39, 0.29) is 16.8 Å². The van der Waals surface area contributed by atoms with Gasteiger partial charge >= 0.3 is 11.7 Å². The standard InChI is InChI=1S/C12H12N2O3/c1-12(4-5-12)14-9-6-7(10(15)16)2-3-8(9)13-11(14)17/h2-3,6H,4-5H2,1H3,(H,13,17)(H,15,16). The second-order valence-electron chi connectivity index (χ2n) is 4.80. The lowest BCUT2D eigenvalue weighted by Gasteiger charge is -2.10. The first-order chi connectivity index (χ1) is 8.01. The van der Waals surface area contributed by atoms with Crippen molar-refractivity contribution in [1.82, 2.24) is 9.55 Å². The number of hydrogen-bond acceptors (Lipinski definition) is 2. The third-order valence-electron chi connectivity index (χ3n) is 3.44. The van der Waals surface area contributed by atoms with E-state index in [4.69, 9.17) is 5.11 Å². The Bertz CT molecular complexity index is 677. The Hall–Kier alpha value is -2.04. The number of aromatic carboxylic acids is 1. The van der Waals surface area contributed by atoms with Crippen molar-refractivity contribution in [3.05, 3.63) is 34.2 Å². The van der Waals surface area contributed by atoms with Gasteiger partial charge in [0.2, 0.25) is 0 Å². The molecule has 17 heavy (non-hydrogen) atoms. The molecule has 88 valence electrons. The number of carbonyl (C=O) groups is 1. The van der Waals surface area contributed by atoms with Crippen LogP contribution in [0.5, 0.6) is 0 Å². The van der Waals surface area contributed by atoms with Crippen molar-refractivity contribution in [2.24, 2.45) is 0 Å². The van der Waals surface area contributed by atoms with Gasteiger partial charge in [-0.1, -0.05) is 0 Å². The van der Waals surface area contributed by atoms with Crippen LogP contribution in [0.3, 0.4) is 0 Å². The quantitative estimate of drug-likeness (QED) is 0.824. The summed E-state index contributed by atoms with van der Waals surface area (Å²) in [7, 11) is 0. The van der Waals surface area contributed by atoms with Gasteiger partial charge in [0.1, 0.15) is 0 Å². The Morgan fingerprint density at radius 3 is 2.76 bits per heavy atom. The maximum Gasteiger partial charge on any atom is 0.335 e. The summed E-state index contributed by atoms with van der Waals surface area (Å²) >= 11 is 0. The first-order valence-electron chi connectivity index (χ1n) is 5.50. The zero-order chi connectivity index (χ0) is 12.2. The normalized spacial score (nSPS) is 17.2. The molecule has 1 aromatic heterocycles. The number of nitrogens with one attached hydrogen (secondary N) is 1. The summed E-state index contributed by atoms with van der Waals surface area (Å²) in [5.41, 5.74) is 1.26. The molecule has 0 radical (unpaired) electrons. The molecule has 5 heteroatoms. The van der Waals surface area contributed by atoms with Gasteiger partial charge in [0.25, 0.3) is 0 Å². The van der Waals surface area contributed by atoms with Gasteiger partial charge in [0.05, 0.1) is 16.6 Å². The van der Waals surface area contributed by atoms with Crippen LogP contribution in [0.1, 0.15) is 30.1 Å². The average Bonchev–Trinajstić information content (AvgIpc) is 2.90. The topological polar surface area (TPSA) is 75.1 Å². The number of carboxylic acid groups (broad SMARTS) is 1. The Balaban J connectivity index is 2.33. The molecule has 3 rings (SSSR count). The van der Waals surface area contributed by atoms with E-state index in [0.29, 0.717) is 11.0 Å². The van der Waals surface area contributed by atoms with Gasteiger partial charge in [-0.2, -0.15) is 0 Å². The summed E-state index contributed by atoms with van der Waals surface area (Å²) in [5.74, 6) is -0.979. The number of imidazole rings is 1. The van der Waals surface area contributed by atoms with Gasteiger partial charge in [0, 0.05) is 5.54 Å². The summed E-state index contributed by atoms with van der Waals surface area (Å²) in [5, 5.41) is 8.96. The zero-order valence-corrected chi connectivity index (χ0v) is 9.36. The number of aromatic amines is 1. The number of benzene rings is 1. The second-order valence-corrected chi connectivity index (χ2v) is 4.80. The zero-order valence-electron chi connectivity index (χ0n) is 9.36. The molecule has 0 atom stereocenters. The molecular formula is C12H12N2O3. The van der Waals surface area contributed by atoms with E-state index in [1.54, 1.807) is 16.7 Å². The molecular weight excluding hydrogens is 220 g/mol. The molecule has 0 saturated heterocycles. The Morgan fingerprint density at radius 1 is 1.47 bits per heavy atom. The minimum atomic E-state index is -0.979. The average molecular weight is 232 g/mol. The molecule has 5 nitrogen and oxygen atoms in total. The van der Waals surface area contributed by atoms with Gasteiger partial charge < -0.3 is 10.1 Å². The number of nitrogens with zero attached hydrogens (tertiary/aromatic N) is 1. The minimum absolute atomic E-state index is 0.146. The fourth-order valence-corrected chi connectivity index (χ4v) is 2.18. The highest BCUT2D eigenvalue weighted by atomic mass is 16.4. The maximum atomic E-state index is 11.9. The van der Waals surface area contributed by atoms with E-state index >= 15 is 0 Å². The molecule has 0 unspecified atom stereocenters. The van der Waals surface area contributed by atoms with Crippen LogP contribution < -0.4 is 5.69 Å². The molecule has 2 N–H and O–H groups in total. The Kier molecular flexibility index (Phi) is 1.79. The third kappa shape index (κ3) is 1.39. The molecule has 0 spiro atoms. The lowest BCUT2D eigenvalue weighted by Crippen LogP contribution is -2.25. The number of H-pyrrole nitrogens is 1. The molecule has 1 aliphatic rings. The predicted octanol–water partition coefficient (Wildman–Crippen LogP) is 1.54. The summed E-state index contributed by atoms with van der Waals surface area (Å²) in [4.78, 5) is 25.6. The highest BCUT2D eigenvalue weighted by Gasteiger charge is 2.41. The largest absolute Gasteiger partial charge is 0.478 e. The van der Waals surface area contributed by atoms with E-state index in [9.17, 15) is 9.59 Å². The monoisotopic (exact) mass is 232 g/mol. The van der Waals surface area contributed by atoms with Crippen molar-refractivity contribution in [2.45, 2.75) is 25.3 Å². The second kappa shape index (κ2) is 3.00. The molecule has 0 amide bonds. The number of fused-ring (bicyclic) bond motifs is 1. The van der Waals surface area contributed by atoms with Crippen LogP contribution in [0, 0.1) is 0 Å². The molecule has 0 bridgehead atoms. The third-order valence-corrected chi connectivity index (χ3v) is 3.44. The highest BCUT2D eigenvalue weighted by Crippen LogP contribution is 2.43. The molecule has 0 aliphatic heterocycles. The van der Waals surface area contributed by atoms with Crippen molar-refractivity contribution in [1.29, 1.82) is 0 Å². The van der Waals surface area contributed by atoms with Crippen LogP contribution in [0.15, 0.2) is 23.0 Å². The molecule has 2 aromatic rings. The van der Waals surface area contributed by atoms with E-state index in [1.807, 2.05) is 6.92 Å². The summed E-state index contributed by atoms with van der Waals surface area (Å²) in [6, 6.07) is 4.70. The number of hydrogen-bond donors (Lipinski definition) is 2. The summed E-state index contributed by atoms with van der Waals surface area (Å²) in [6.07, 6.45) is 1.91. The Morgan fingerprint density at radius 2 is 2.18 bits per heavy atom. The van der Waals surface area contributed by atoms with Crippen molar-refractivity contribution < 1.29 is 9.90 Å². The van der Waals surface area contributed by atoms with E-state index in [2.05, 4.69) is 4.98 Å². The fraction of sp³-hybridized carbons (Fsp3) is 0.333. The molecule has 1 fully saturated rings. The van der Waals surface area contributed by atoms with E-state index < -0.39 is 5.97 Å². The number of carboxylic acids is 1. The van der Waals surface area contributed by atoms with Crippen molar-refractivity contribution in [3.8, 4) is 0 Å². The van der Waals surface area contributed by atoms with Crippen LogP contribution >= 0.6 is 0 Å². The summed E-state index contributed by atoms with van der Waals surface area (Å²) < 4.78 is 1.68. The molecule has 1 saturated carbocycles. The first-order valence-corrected chi connectivity index (χ1v) is 5.50. The van der Waals surface area contributed by atoms with Crippen LogP contribution in [-0.2, 0) is 5.54 Å². The molecule has 1 aromatic carbocycles. The number of aromatic nitrogens is 2. The SMILES string of the molecule is CC1(n2c(=O)[nH]c3ccc(C(=O)O)cc32)CC1. The van der Waals surface area contributed by atoms with Gasteiger partial charge in [-0.25, -0.2) is 9.59 Å². The van der Waals surface area contributed by atoms with Crippen molar-refractivity contribution >= 4 is 17.0 Å².